The first-order valence-corrected chi connectivity index (χ1v) is 7.50. The molecule has 1 N–H and O–H groups in total. The maximum atomic E-state index is 11.8. The van der Waals surface area contributed by atoms with Crippen molar-refractivity contribution in [3.05, 3.63) is 75.8 Å². The molecule has 124 valence electrons. The lowest BCUT2D eigenvalue weighted by atomic mass is 10.2. The SMILES string of the molecule is CCOc1ccc(/C=C/C(=O)NCc2cccc([N+](=O)[O-])c2)cc1. The fourth-order valence-electron chi connectivity index (χ4n) is 2.04. The zero-order valence-corrected chi connectivity index (χ0v) is 13.3. The Labute approximate surface area is 139 Å². The van der Waals surface area contributed by atoms with Gasteiger partial charge in [-0.3, -0.25) is 14.9 Å². The lowest BCUT2D eigenvalue weighted by molar-refractivity contribution is -0.384. The Morgan fingerprint density at radius 2 is 2.00 bits per heavy atom. The minimum absolute atomic E-state index is 0.00618. The second-order valence-corrected chi connectivity index (χ2v) is 4.98. The van der Waals surface area contributed by atoms with Gasteiger partial charge in [0.25, 0.3) is 5.69 Å². The van der Waals surface area contributed by atoms with Gasteiger partial charge in [-0.25, -0.2) is 0 Å². The number of rotatable bonds is 7. The zero-order chi connectivity index (χ0) is 17.4. The highest BCUT2D eigenvalue weighted by molar-refractivity contribution is 5.91. The fourth-order valence-corrected chi connectivity index (χ4v) is 2.04. The highest BCUT2D eigenvalue weighted by atomic mass is 16.6. The Hall–Kier alpha value is -3.15. The van der Waals surface area contributed by atoms with E-state index in [0.29, 0.717) is 12.2 Å². The van der Waals surface area contributed by atoms with Crippen LogP contribution in [0.2, 0.25) is 0 Å². The molecule has 2 aromatic rings. The highest BCUT2D eigenvalue weighted by Gasteiger charge is 2.05. The fraction of sp³-hybridized carbons (Fsp3) is 0.167. The summed E-state index contributed by atoms with van der Waals surface area (Å²) in [5, 5.41) is 13.4. The molecule has 24 heavy (non-hydrogen) atoms. The van der Waals surface area contributed by atoms with Crippen LogP contribution in [-0.2, 0) is 11.3 Å². The van der Waals surface area contributed by atoms with E-state index < -0.39 is 4.92 Å². The van der Waals surface area contributed by atoms with Crippen molar-refractivity contribution in [2.45, 2.75) is 13.5 Å². The summed E-state index contributed by atoms with van der Waals surface area (Å²) in [5.41, 5.74) is 1.56. The minimum Gasteiger partial charge on any atom is -0.494 e. The maximum Gasteiger partial charge on any atom is 0.269 e. The van der Waals surface area contributed by atoms with Crippen molar-refractivity contribution in [3.8, 4) is 5.75 Å². The van der Waals surface area contributed by atoms with E-state index in [1.54, 1.807) is 18.2 Å². The molecule has 0 atom stereocenters. The second-order valence-electron chi connectivity index (χ2n) is 4.98. The molecule has 0 radical (unpaired) electrons. The van der Waals surface area contributed by atoms with Crippen LogP contribution in [0.15, 0.2) is 54.6 Å². The Balaban J connectivity index is 1.88. The van der Waals surface area contributed by atoms with Crippen molar-refractivity contribution in [2.24, 2.45) is 0 Å². The van der Waals surface area contributed by atoms with Crippen LogP contribution in [0.25, 0.3) is 6.08 Å². The maximum absolute atomic E-state index is 11.8. The number of nitrogens with one attached hydrogen (secondary N) is 1. The molecule has 0 saturated carbocycles. The second kappa shape index (κ2) is 8.47. The molecule has 1 amide bonds. The average molecular weight is 326 g/mol. The Morgan fingerprint density at radius 3 is 2.67 bits per heavy atom. The molecule has 0 heterocycles. The smallest absolute Gasteiger partial charge is 0.269 e. The number of nitro groups is 1. The van der Waals surface area contributed by atoms with Crippen LogP contribution in [0, 0.1) is 10.1 Å². The van der Waals surface area contributed by atoms with Crippen molar-refractivity contribution >= 4 is 17.7 Å². The van der Waals surface area contributed by atoms with Crippen molar-refractivity contribution in [3.63, 3.8) is 0 Å². The van der Waals surface area contributed by atoms with Crippen LogP contribution >= 0.6 is 0 Å². The molecule has 0 saturated heterocycles. The first-order valence-electron chi connectivity index (χ1n) is 7.50. The van der Waals surface area contributed by atoms with E-state index in [0.717, 1.165) is 11.3 Å². The summed E-state index contributed by atoms with van der Waals surface area (Å²) < 4.78 is 5.35. The molecule has 6 heteroatoms. The van der Waals surface area contributed by atoms with Crippen molar-refractivity contribution < 1.29 is 14.5 Å². The molecule has 6 nitrogen and oxygen atoms in total. The quantitative estimate of drug-likeness (QED) is 0.481. The lowest BCUT2D eigenvalue weighted by Gasteiger charge is -2.03. The predicted octanol–water partition coefficient (Wildman–Crippen LogP) is 3.32. The lowest BCUT2D eigenvalue weighted by Crippen LogP contribution is -2.20. The monoisotopic (exact) mass is 326 g/mol. The van der Waals surface area contributed by atoms with Crippen LogP contribution in [0.5, 0.6) is 5.75 Å². The first-order chi connectivity index (χ1) is 11.6. The Bertz CT molecular complexity index is 739. The topological polar surface area (TPSA) is 81.5 Å². The molecule has 0 aliphatic carbocycles. The van der Waals surface area contributed by atoms with Gasteiger partial charge in [0.1, 0.15) is 5.75 Å². The molecule has 0 aliphatic rings. The van der Waals surface area contributed by atoms with Crippen molar-refractivity contribution in [2.75, 3.05) is 6.61 Å². The van der Waals surface area contributed by atoms with Gasteiger partial charge < -0.3 is 10.1 Å². The summed E-state index contributed by atoms with van der Waals surface area (Å²) in [5.74, 6) is 0.514. The van der Waals surface area contributed by atoms with Gasteiger partial charge in [0, 0.05) is 24.8 Å². The summed E-state index contributed by atoms with van der Waals surface area (Å²) in [6.07, 6.45) is 3.12. The number of carbonyl (C=O) groups is 1. The van der Waals surface area contributed by atoms with Gasteiger partial charge >= 0.3 is 0 Å². The molecular formula is C18H18N2O4. The van der Waals surface area contributed by atoms with E-state index in [-0.39, 0.29) is 18.1 Å². The van der Waals surface area contributed by atoms with E-state index in [9.17, 15) is 14.9 Å². The number of hydrogen-bond acceptors (Lipinski definition) is 4. The molecule has 0 unspecified atom stereocenters. The van der Waals surface area contributed by atoms with Gasteiger partial charge in [0.2, 0.25) is 5.91 Å². The van der Waals surface area contributed by atoms with Crippen LogP contribution in [0.1, 0.15) is 18.1 Å². The molecule has 0 aliphatic heterocycles. The standard InChI is InChI=1S/C18H18N2O4/c1-2-24-17-9-6-14(7-10-17)8-11-18(21)19-13-15-4-3-5-16(12-15)20(22)23/h3-12H,2,13H2,1H3,(H,19,21)/b11-8+. The van der Waals surface area contributed by atoms with Gasteiger partial charge in [-0.15, -0.1) is 0 Å². The summed E-state index contributed by atoms with van der Waals surface area (Å²) in [7, 11) is 0. The molecule has 0 bridgehead atoms. The molecule has 0 spiro atoms. The van der Waals surface area contributed by atoms with Gasteiger partial charge in [-0.2, -0.15) is 0 Å². The number of amides is 1. The van der Waals surface area contributed by atoms with Crippen LogP contribution in [0.4, 0.5) is 5.69 Å². The number of ether oxygens (including phenoxy) is 1. The number of hydrogen-bond donors (Lipinski definition) is 1. The summed E-state index contributed by atoms with van der Waals surface area (Å²) in [6.45, 7) is 2.75. The summed E-state index contributed by atoms with van der Waals surface area (Å²) in [6, 6.07) is 13.6. The molecule has 2 aromatic carbocycles. The van der Waals surface area contributed by atoms with Gasteiger partial charge in [-0.1, -0.05) is 24.3 Å². The van der Waals surface area contributed by atoms with E-state index >= 15 is 0 Å². The summed E-state index contributed by atoms with van der Waals surface area (Å²) >= 11 is 0. The normalized spacial score (nSPS) is 10.5. The van der Waals surface area contributed by atoms with Gasteiger partial charge in [0.15, 0.2) is 0 Å². The first kappa shape index (κ1) is 17.2. The molecule has 2 rings (SSSR count). The largest absolute Gasteiger partial charge is 0.494 e. The zero-order valence-electron chi connectivity index (χ0n) is 13.3. The van der Waals surface area contributed by atoms with Gasteiger partial charge in [-0.05, 0) is 36.3 Å². The van der Waals surface area contributed by atoms with E-state index in [1.807, 2.05) is 31.2 Å². The number of nitro benzene ring substituents is 1. The van der Waals surface area contributed by atoms with Crippen LogP contribution in [0.3, 0.4) is 0 Å². The van der Waals surface area contributed by atoms with Crippen LogP contribution < -0.4 is 10.1 Å². The minimum atomic E-state index is -0.461. The Morgan fingerprint density at radius 1 is 1.25 bits per heavy atom. The number of benzene rings is 2. The molecule has 0 aromatic heterocycles. The third-order valence-corrected chi connectivity index (χ3v) is 3.21. The van der Waals surface area contributed by atoms with Crippen LogP contribution in [-0.4, -0.2) is 17.4 Å². The predicted molar refractivity (Wildman–Crippen MR) is 91.6 cm³/mol. The molecular weight excluding hydrogens is 308 g/mol. The van der Waals surface area contributed by atoms with Crippen molar-refractivity contribution in [1.29, 1.82) is 0 Å². The third kappa shape index (κ3) is 5.24. The summed E-state index contributed by atoms with van der Waals surface area (Å²) in [4.78, 5) is 22.1. The Kier molecular flexibility index (Phi) is 6.08. The number of carbonyl (C=O) groups excluding carboxylic acids is 1. The average Bonchev–Trinajstić information content (AvgIpc) is 2.60. The third-order valence-electron chi connectivity index (χ3n) is 3.21. The van der Waals surface area contributed by atoms with E-state index in [4.69, 9.17) is 4.74 Å². The highest BCUT2D eigenvalue weighted by Crippen LogP contribution is 2.14. The van der Waals surface area contributed by atoms with E-state index in [1.165, 1.54) is 18.2 Å². The van der Waals surface area contributed by atoms with Crippen molar-refractivity contribution in [1.82, 2.24) is 5.32 Å². The molecule has 0 fully saturated rings. The number of non-ortho nitro benzene ring substituents is 1. The van der Waals surface area contributed by atoms with E-state index in [2.05, 4.69) is 5.32 Å². The number of nitrogens with zero attached hydrogens (tertiary/aromatic N) is 1. The van der Waals surface area contributed by atoms with Gasteiger partial charge in [0.05, 0.1) is 11.5 Å².